The van der Waals surface area contributed by atoms with Crippen LogP contribution in [0.5, 0.6) is 0 Å². The summed E-state index contributed by atoms with van der Waals surface area (Å²) in [5.41, 5.74) is 0.521. The Morgan fingerprint density at radius 2 is 1.83 bits per heavy atom. The van der Waals surface area contributed by atoms with Crippen molar-refractivity contribution in [2.75, 3.05) is 0 Å². The summed E-state index contributed by atoms with van der Waals surface area (Å²) >= 11 is 0. The summed E-state index contributed by atoms with van der Waals surface area (Å²) in [6, 6.07) is 0. The first kappa shape index (κ1) is 23.2. The molecule has 35 heavy (non-hydrogen) atoms. The van der Waals surface area contributed by atoms with E-state index in [0.717, 1.165) is 17.6 Å². The minimum atomic E-state index is -0.966. The molecule has 0 aromatic rings. The highest BCUT2D eigenvalue weighted by Gasteiger charge is 2.82. The fourth-order valence-corrected chi connectivity index (χ4v) is 8.89. The molecule has 3 aliphatic carbocycles. The van der Waals surface area contributed by atoms with Gasteiger partial charge in [0.25, 0.3) is 0 Å². The zero-order chi connectivity index (χ0) is 25.1. The molecule has 3 heterocycles. The van der Waals surface area contributed by atoms with Crippen LogP contribution in [0.25, 0.3) is 0 Å². The molecule has 1 saturated carbocycles. The van der Waals surface area contributed by atoms with Gasteiger partial charge < -0.3 is 18.9 Å². The van der Waals surface area contributed by atoms with Gasteiger partial charge in [-0.05, 0) is 58.1 Å². The molecule has 0 radical (unpaired) electrons. The second kappa shape index (κ2) is 7.16. The highest BCUT2D eigenvalue weighted by molar-refractivity contribution is 5.96. The van der Waals surface area contributed by atoms with Gasteiger partial charge in [-0.15, -0.1) is 0 Å². The minimum absolute atomic E-state index is 0.0165. The molecule has 0 aromatic heterocycles. The lowest BCUT2D eigenvalue weighted by atomic mass is 9.42. The summed E-state index contributed by atoms with van der Waals surface area (Å²) in [5, 5.41) is 0. The summed E-state index contributed by atoms with van der Waals surface area (Å²) < 4.78 is 26.1. The first-order valence-corrected chi connectivity index (χ1v) is 12.7. The number of hydrogen-bond donors (Lipinski definition) is 0. The Balaban J connectivity index is 1.63. The molecule has 0 aromatic carbocycles. The maximum atomic E-state index is 13.1. The van der Waals surface area contributed by atoms with Gasteiger partial charge in [-0.3, -0.25) is 14.4 Å². The Morgan fingerprint density at radius 3 is 2.54 bits per heavy atom. The largest absolute Gasteiger partial charge is 0.484 e. The molecule has 2 spiro atoms. The van der Waals surface area contributed by atoms with Crippen molar-refractivity contribution in [2.24, 2.45) is 22.7 Å². The van der Waals surface area contributed by atoms with Crippen LogP contribution in [0, 0.1) is 22.7 Å². The Morgan fingerprint density at radius 1 is 1.09 bits per heavy atom. The molecule has 188 valence electrons. The van der Waals surface area contributed by atoms with Crippen molar-refractivity contribution in [3.05, 3.63) is 34.6 Å². The van der Waals surface area contributed by atoms with E-state index in [2.05, 4.69) is 19.9 Å². The Labute approximate surface area is 205 Å². The monoisotopic (exact) mass is 482 g/mol. The summed E-state index contributed by atoms with van der Waals surface area (Å²) in [7, 11) is 0. The van der Waals surface area contributed by atoms with Crippen LogP contribution in [0.1, 0.15) is 67.2 Å². The van der Waals surface area contributed by atoms with E-state index >= 15 is 0 Å². The molecule has 0 unspecified atom stereocenters. The molecular weight excluding hydrogens is 448 g/mol. The fourth-order valence-electron chi connectivity index (χ4n) is 8.89. The first-order chi connectivity index (χ1) is 16.5. The van der Waals surface area contributed by atoms with Crippen LogP contribution < -0.4 is 0 Å². The lowest BCUT2D eigenvalue weighted by Gasteiger charge is -2.62. The van der Waals surface area contributed by atoms with Gasteiger partial charge in [-0.2, -0.15) is 0 Å². The molecular formula is C28H34O7. The average molecular weight is 483 g/mol. The third-order valence-corrected chi connectivity index (χ3v) is 10.2. The molecule has 0 bridgehead atoms. The topological polar surface area (TPSA) is 88.1 Å². The van der Waals surface area contributed by atoms with Crippen LogP contribution >= 0.6 is 0 Å². The SMILES string of the molecule is CC(=O)O[C@@H]1O[C@@H]2CC(=O)C(C)=C(C)O[C@]23C(C)=C[C@H]2O[C@H]4CC(=O)C=C(C)[C@@H]5CC[C@@]13[C@H]2[C@@]45C. The Bertz CT molecular complexity index is 1150. The number of ether oxygens (including phenoxy) is 4. The molecule has 3 aliphatic heterocycles. The van der Waals surface area contributed by atoms with Crippen molar-refractivity contribution >= 4 is 17.5 Å². The summed E-state index contributed by atoms with van der Waals surface area (Å²) in [4.78, 5) is 38.3. The van der Waals surface area contributed by atoms with Crippen molar-refractivity contribution < 1.29 is 33.3 Å². The van der Waals surface area contributed by atoms with Gasteiger partial charge >= 0.3 is 5.97 Å². The van der Waals surface area contributed by atoms with E-state index in [1.807, 2.05) is 13.8 Å². The van der Waals surface area contributed by atoms with Crippen LogP contribution in [0.3, 0.4) is 0 Å². The third-order valence-electron chi connectivity index (χ3n) is 10.2. The van der Waals surface area contributed by atoms with Gasteiger partial charge in [0.2, 0.25) is 6.29 Å². The minimum Gasteiger partial charge on any atom is -0.484 e. The fraction of sp³-hybridized carbons (Fsp3) is 0.679. The van der Waals surface area contributed by atoms with E-state index in [1.54, 1.807) is 13.0 Å². The molecule has 7 nitrogen and oxygen atoms in total. The molecule has 0 amide bonds. The summed E-state index contributed by atoms with van der Waals surface area (Å²) in [5.74, 6) is 0.277. The molecule has 6 aliphatic rings. The number of Topliss-reactive ketones (excluding diaryl/α,β-unsaturated/α-hetero) is 1. The second-order valence-corrected chi connectivity index (χ2v) is 11.7. The van der Waals surface area contributed by atoms with Gasteiger partial charge in [0.1, 0.15) is 11.9 Å². The number of carbonyl (C=O) groups excluding carboxylic acids is 3. The Kier molecular flexibility index (Phi) is 4.74. The Hall–Kier alpha value is -2.25. The summed E-state index contributed by atoms with van der Waals surface area (Å²) in [6.07, 6.45) is 3.88. The number of rotatable bonds is 1. The van der Waals surface area contributed by atoms with Gasteiger partial charge in [0.05, 0.1) is 17.6 Å². The van der Waals surface area contributed by atoms with Crippen LogP contribution in [-0.2, 0) is 33.3 Å². The van der Waals surface area contributed by atoms with Crippen molar-refractivity contribution in [1.29, 1.82) is 0 Å². The summed E-state index contributed by atoms with van der Waals surface area (Å²) in [6.45, 7) is 11.3. The zero-order valence-electron chi connectivity index (χ0n) is 21.3. The lowest BCUT2D eigenvalue weighted by Crippen LogP contribution is -2.68. The molecule has 2 saturated heterocycles. The predicted molar refractivity (Wildman–Crippen MR) is 125 cm³/mol. The molecule has 9 atom stereocenters. The predicted octanol–water partition coefficient (Wildman–Crippen LogP) is 3.96. The van der Waals surface area contributed by atoms with Crippen molar-refractivity contribution in [1.82, 2.24) is 0 Å². The molecule has 7 heteroatoms. The van der Waals surface area contributed by atoms with Crippen molar-refractivity contribution in [3.8, 4) is 0 Å². The van der Waals surface area contributed by atoms with E-state index in [9.17, 15) is 14.4 Å². The van der Waals surface area contributed by atoms with E-state index in [1.165, 1.54) is 6.92 Å². The van der Waals surface area contributed by atoms with E-state index in [4.69, 9.17) is 18.9 Å². The molecule has 6 rings (SSSR count). The average Bonchev–Trinajstić information content (AvgIpc) is 3.10. The number of esters is 1. The first-order valence-electron chi connectivity index (χ1n) is 12.7. The standard InChI is InChI=1S/C28H34O7/c1-13-9-18(30)11-22-26(6)19(13)7-8-27-24(26)21(33-22)10-14(2)28(27)23(34-25(27)32-17(5)29)12-20(31)15(3)16(4)35-28/h9-10,19,21-25H,7-8,11-12H2,1-6H3/t19-,21+,22-,23+,24+,25+,26+,27+,28+/m0/s1. The third kappa shape index (κ3) is 2.61. The smallest absolute Gasteiger partial charge is 0.304 e. The number of allylic oxidation sites excluding steroid dienone is 4. The zero-order valence-corrected chi connectivity index (χ0v) is 21.3. The van der Waals surface area contributed by atoms with Crippen LogP contribution in [0.4, 0.5) is 0 Å². The van der Waals surface area contributed by atoms with Crippen LogP contribution in [0.15, 0.2) is 34.6 Å². The number of carbonyl (C=O) groups is 3. The second-order valence-electron chi connectivity index (χ2n) is 11.7. The van der Waals surface area contributed by atoms with Gasteiger partial charge in [0.15, 0.2) is 17.2 Å². The maximum absolute atomic E-state index is 13.1. The molecule has 3 fully saturated rings. The van der Waals surface area contributed by atoms with E-state index in [0.29, 0.717) is 24.2 Å². The van der Waals surface area contributed by atoms with Gasteiger partial charge in [-0.1, -0.05) is 18.6 Å². The number of hydrogen-bond acceptors (Lipinski definition) is 7. The lowest BCUT2D eigenvalue weighted by molar-refractivity contribution is -0.228. The van der Waals surface area contributed by atoms with E-state index < -0.39 is 29.4 Å². The highest BCUT2D eigenvalue weighted by Crippen LogP contribution is 2.75. The maximum Gasteiger partial charge on any atom is 0.304 e. The van der Waals surface area contributed by atoms with Crippen molar-refractivity contribution in [3.63, 3.8) is 0 Å². The van der Waals surface area contributed by atoms with Crippen LogP contribution in [0.2, 0.25) is 0 Å². The van der Waals surface area contributed by atoms with Gasteiger partial charge in [-0.25, -0.2) is 0 Å². The van der Waals surface area contributed by atoms with E-state index in [-0.39, 0.29) is 47.4 Å². The highest BCUT2D eigenvalue weighted by atomic mass is 16.7. The molecule has 0 N–H and O–H groups in total. The van der Waals surface area contributed by atoms with Gasteiger partial charge in [0, 0.05) is 36.7 Å². The van der Waals surface area contributed by atoms with Crippen molar-refractivity contribution in [2.45, 2.75) is 97.4 Å². The quantitative estimate of drug-likeness (QED) is 0.413. The van der Waals surface area contributed by atoms with Crippen LogP contribution in [-0.4, -0.2) is 47.7 Å². The normalized spacial score (nSPS) is 48.1. The number of ketones is 2.